The number of hydrogen-bond donors (Lipinski definition) is 0. The molecule has 0 fully saturated rings. The molecule has 0 aliphatic carbocycles. The van der Waals surface area contributed by atoms with Crippen LogP contribution in [0, 0.1) is 0 Å². The molecule has 6 nitrogen and oxygen atoms in total. The van der Waals surface area contributed by atoms with Gasteiger partial charge < -0.3 is 14.2 Å². The predicted octanol–water partition coefficient (Wildman–Crippen LogP) is 22.8. The highest BCUT2D eigenvalue weighted by molar-refractivity contribution is 5.72. The predicted molar refractivity (Wildman–Crippen MR) is 361 cm³/mol. The third kappa shape index (κ3) is 66.7. The first-order valence-electron chi connectivity index (χ1n) is 32.6. The van der Waals surface area contributed by atoms with Crippen molar-refractivity contribution in [2.75, 3.05) is 13.2 Å². The molecular weight excluding hydrogens is 1020 g/mol. The van der Waals surface area contributed by atoms with Gasteiger partial charge in [0.2, 0.25) is 0 Å². The minimum Gasteiger partial charge on any atom is -0.462 e. The topological polar surface area (TPSA) is 78.9 Å². The van der Waals surface area contributed by atoms with E-state index in [4.69, 9.17) is 14.2 Å². The molecule has 0 heterocycles. The Labute approximate surface area is 509 Å². The number of rotatable bonds is 56. The second-order valence-electron chi connectivity index (χ2n) is 20.5. The summed E-state index contributed by atoms with van der Waals surface area (Å²) in [6.07, 6.45) is 106. The highest BCUT2D eigenvalue weighted by atomic mass is 16.6. The molecule has 83 heavy (non-hydrogen) atoms. The number of ether oxygens (including phenoxy) is 3. The van der Waals surface area contributed by atoms with Gasteiger partial charge in [-0.2, -0.15) is 0 Å². The van der Waals surface area contributed by atoms with Crippen LogP contribution in [-0.2, 0) is 28.6 Å². The maximum atomic E-state index is 12.9. The molecule has 0 rings (SSSR count). The van der Waals surface area contributed by atoms with Gasteiger partial charge in [0.05, 0.1) is 6.42 Å². The van der Waals surface area contributed by atoms with E-state index in [0.29, 0.717) is 19.3 Å². The molecule has 0 N–H and O–H groups in total. The number of allylic oxidation sites excluding steroid dienone is 33. The van der Waals surface area contributed by atoms with Crippen LogP contribution in [0.5, 0.6) is 0 Å². The second-order valence-corrected chi connectivity index (χ2v) is 20.5. The molecule has 1 atom stereocenters. The lowest BCUT2D eigenvalue weighted by atomic mass is 10.0. The van der Waals surface area contributed by atoms with Crippen molar-refractivity contribution in [3.05, 3.63) is 207 Å². The van der Waals surface area contributed by atoms with Gasteiger partial charge in [-0.15, -0.1) is 0 Å². The molecule has 460 valence electrons. The van der Waals surface area contributed by atoms with Crippen molar-refractivity contribution in [1.29, 1.82) is 0 Å². The Bertz CT molecular complexity index is 2030. The Hall–Kier alpha value is -6.01. The van der Waals surface area contributed by atoms with Crippen molar-refractivity contribution >= 4 is 17.9 Å². The van der Waals surface area contributed by atoms with E-state index in [1.807, 2.05) is 18.2 Å². The Morgan fingerprint density at radius 1 is 0.253 bits per heavy atom. The summed E-state index contributed by atoms with van der Waals surface area (Å²) in [4.78, 5) is 38.2. The second kappa shape index (κ2) is 68.5. The SMILES string of the molecule is CC/C=C\C/C=C\C/C=C\C/C=C\C/C=C\C/C=C\CCCCCCCCCCCCCCC(=O)OCC(COC(=O)C/C=C\C/C=C\C/C=C\C/C=C\C/C=C\CC)OC(=O)CC/C=C\C/C=C\C/C=C\C/C=C\C/C=C\C/C=C\CC. The quantitative estimate of drug-likeness (QED) is 0.0261. The lowest BCUT2D eigenvalue weighted by Crippen LogP contribution is -2.30. The smallest absolute Gasteiger partial charge is 0.309 e. The van der Waals surface area contributed by atoms with Crippen molar-refractivity contribution < 1.29 is 28.6 Å². The number of unbranched alkanes of at least 4 members (excludes halogenated alkanes) is 12. The van der Waals surface area contributed by atoms with Gasteiger partial charge in [0, 0.05) is 12.8 Å². The summed E-state index contributed by atoms with van der Waals surface area (Å²) in [6.45, 7) is 6.13. The highest BCUT2D eigenvalue weighted by Gasteiger charge is 2.19. The number of carbonyl (C=O) groups is 3. The summed E-state index contributed by atoms with van der Waals surface area (Å²) in [5, 5.41) is 0. The van der Waals surface area contributed by atoms with Gasteiger partial charge in [-0.3, -0.25) is 14.4 Å². The fourth-order valence-electron chi connectivity index (χ4n) is 8.07. The summed E-state index contributed by atoms with van der Waals surface area (Å²) < 4.78 is 16.7. The van der Waals surface area contributed by atoms with E-state index in [2.05, 4.69) is 203 Å². The van der Waals surface area contributed by atoms with Crippen LogP contribution in [-0.4, -0.2) is 37.2 Å². The zero-order valence-corrected chi connectivity index (χ0v) is 52.6. The lowest BCUT2D eigenvalue weighted by Gasteiger charge is -2.18. The fourth-order valence-corrected chi connectivity index (χ4v) is 8.07. The van der Waals surface area contributed by atoms with Crippen molar-refractivity contribution in [2.45, 2.75) is 245 Å². The molecule has 1 unspecified atom stereocenters. The Balaban J connectivity index is 4.47. The van der Waals surface area contributed by atoms with Crippen molar-refractivity contribution in [2.24, 2.45) is 0 Å². The first-order valence-corrected chi connectivity index (χ1v) is 32.6. The number of carbonyl (C=O) groups excluding carboxylic acids is 3. The van der Waals surface area contributed by atoms with E-state index in [9.17, 15) is 14.4 Å². The fraction of sp³-hybridized carbons (Fsp3) is 0.519. The third-order valence-electron chi connectivity index (χ3n) is 12.8. The molecule has 0 saturated carbocycles. The molecule has 0 aromatic carbocycles. The van der Waals surface area contributed by atoms with E-state index >= 15 is 0 Å². The van der Waals surface area contributed by atoms with E-state index in [1.54, 1.807) is 6.08 Å². The maximum Gasteiger partial charge on any atom is 0.309 e. The van der Waals surface area contributed by atoms with Crippen molar-refractivity contribution in [3.63, 3.8) is 0 Å². The van der Waals surface area contributed by atoms with Gasteiger partial charge in [-0.25, -0.2) is 0 Å². The van der Waals surface area contributed by atoms with Crippen LogP contribution in [0.1, 0.15) is 239 Å². The van der Waals surface area contributed by atoms with Crippen LogP contribution >= 0.6 is 0 Å². The summed E-state index contributed by atoms with van der Waals surface area (Å²) in [6, 6.07) is 0. The lowest BCUT2D eigenvalue weighted by molar-refractivity contribution is -0.166. The summed E-state index contributed by atoms with van der Waals surface area (Å²) in [7, 11) is 0. The van der Waals surface area contributed by atoms with Crippen LogP contribution in [0.15, 0.2) is 207 Å². The average molecular weight is 1140 g/mol. The molecule has 0 radical (unpaired) electrons. The van der Waals surface area contributed by atoms with E-state index in [1.165, 1.54) is 64.2 Å². The summed E-state index contributed by atoms with van der Waals surface area (Å²) in [5.74, 6) is -1.18. The first kappa shape index (κ1) is 77.0. The Morgan fingerprint density at radius 2 is 0.506 bits per heavy atom. The zero-order chi connectivity index (χ0) is 59.9. The van der Waals surface area contributed by atoms with Gasteiger partial charge in [0.1, 0.15) is 13.2 Å². The third-order valence-corrected chi connectivity index (χ3v) is 12.8. The monoisotopic (exact) mass is 1140 g/mol. The summed E-state index contributed by atoms with van der Waals surface area (Å²) in [5.41, 5.74) is 0. The van der Waals surface area contributed by atoms with Gasteiger partial charge >= 0.3 is 17.9 Å². The highest BCUT2D eigenvalue weighted by Crippen LogP contribution is 2.14. The molecule has 0 saturated heterocycles. The molecule has 0 amide bonds. The van der Waals surface area contributed by atoms with Crippen molar-refractivity contribution in [3.8, 4) is 0 Å². The largest absolute Gasteiger partial charge is 0.462 e. The van der Waals surface area contributed by atoms with Gasteiger partial charge in [0.25, 0.3) is 0 Å². The van der Waals surface area contributed by atoms with Gasteiger partial charge in [0.15, 0.2) is 6.10 Å². The minimum absolute atomic E-state index is 0.101. The molecule has 0 aliphatic heterocycles. The normalized spacial score (nSPS) is 13.5. The van der Waals surface area contributed by atoms with Crippen LogP contribution in [0.2, 0.25) is 0 Å². The van der Waals surface area contributed by atoms with Crippen LogP contribution in [0.4, 0.5) is 0 Å². The van der Waals surface area contributed by atoms with E-state index in [0.717, 1.165) is 122 Å². The molecular formula is C77H116O6. The average Bonchev–Trinajstić information content (AvgIpc) is 3.49. The Morgan fingerprint density at radius 3 is 0.831 bits per heavy atom. The molecule has 0 aromatic rings. The van der Waals surface area contributed by atoms with Crippen molar-refractivity contribution in [1.82, 2.24) is 0 Å². The maximum absolute atomic E-state index is 12.9. The van der Waals surface area contributed by atoms with Gasteiger partial charge in [-0.1, -0.05) is 292 Å². The summed E-state index contributed by atoms with van der Waals surface area (Å²) >= 11 is 0. The standard InChI is InChI=1S/C77H116O6/c1-4-7-10-13-16-19-22-25-28-30-32-33-34-35-36-37-38-39-40-41-42-43-45-46-49-52-55-58-61-64-67-70-76(79)82-73-74(72-81-75(78)69-66-63-60-57-54-51-48-27-24-21-18-15-12-9-6-3)83-77(80)71-68-65-62-59-56-53-50-47-44-31-29-26-23-20-17-14-11-8-5-2/h7-12,16-21,25-29,32-33,35-36,38-39,44,47-48,53-54,56-57,62-63,65-66,74H,4-6,13-15,22-24,30-31,34,37,40-43,45-46,49-52,55,58-61,64,67-73H2,1-3H3/b10-7-,11-8-,12-9-,19-16-,20-17-,21-18-,28-25-,29-26-,33-32-,36-35-,39-38-,47-44-,48-27-,56-53-,57-54-,65-62-,66-63-. The van der Waals surface area contributed by atoms with Crippen LogP contribution in [0.3, 0.4) is 0 Å². The first-order chi connectivity index (χ1) is 41.0. The van der Waals surface area contributed by atoms with E-state index in [-0.39, 0.29) is 32.0 Å². The number of esters is 3. The van der Waals surface area contributed by atoms with Gasteiger partial charge in [-0.05, 0) is 135 Å². The number of hydrogen-bond acceptors (Lipinski definition) is 6. The zero-order valence-electron chi connectivity index (χ0n) is 52.6. The molecule has 0 spiro atoms. The minimum atomic E-state index is -0.873. The Kier molecular flexibility index (Phi) is 63.5. The van der Waals surface area contributed by atoms with Crippen LogP contribution in [0.25, 0.3) is 0 Å². The molecule has 0 aromatic heterocycles. The molecule has 0 aliphatic rings. The molecule has 6 heteroatoms. The van der Waals surface area contributed by atoms with E-state index < -0.39 is 18.0 Å². The van der Waals surface area contributed by atoms with Crippen LogP contribution < -0.4 is 0 Å². The molecule has 0 bridgehead atoms.